The van der Waals surface area contributed by atoms with Gasteiger partial charge in [-0.3, -0.25) is 0 Å². The van der Waals surface area contributed by atoms with Crippen molar-refractivity contribution >= 4 is 6.01 Å². The molecule has 0 spiro atoms. The lowest BCUT2D eigenvalue weighted by atomic mass is 9.92. The molecule has 1 saturated heterocycles. The maximum absolute atomic E-state index is 5.90. The van der Waals surface area contributed by atoms with Gasteiger partial charge in [0.2, 0.25) is 0 Å². The summed E-state index contributed by atoms with van der Waals surface area (Å²) in [6.07, 6.45) is 2.86. The van der Waals surface area contributed by atoms with E-state index in [-0.39, 0.29) is 0 Å². The van der Waals surface area contributed by atoms with Crippen LogP contribution >= 0.6 is 0 Å². The number of hydrogen-bond donors (Lipinski definition) is 0. The zero-order chi connectivity index (χ0) is 14.7. The van der Waals surface area contributed by atoms with Gasteiger partial charge in [0.15, 0.2) is 5.82 Å². The highest BCUT2D eigenvalue weighted by Crippen LogP contribution is 2.26. The average molecular weight is 281 g/mol. The van der Waals surface area contributed by atoms with E-state index < -0.39 is 0 Å². The summed E-state index contributed by atoms with van der Waals surface area (Å²) in [7, 11) is 0. The van der Waals surface area contributed by atoms with Gasteiger partial charge >= 0.3 is 6.01 Å². The Kier molecular flexibility index (Phi) is 5.02. The molecular formula is C15H27N3O2. The summed E-state index contributed by atoms with van der Waals surface area (Å²) in [5.74, 6) is 1.73. The monoisotopic (exact) mass is 281 g/mol. The van der Waals surface area contributed by atoms with E-state index in [2.05, 4.69) is 49.7 Å². The largest absolute Gasteiger partial charge is 0.376 e. The molecule has 1 aromatic heterocycles. The summed E-state index contributed by atoms with van der Waals surface area (Å²) >= 11 is 0. The van der Waals surface area contributed by atoms with Crippen LogP contribution in [0.1, 0.15) is 59.2 Å². The minimum Gasteiger partial charge on any atom is -0.376 e. The molecule has 2 rings (SSSR count). The van der Waals surface area contributed by atoms with Crippen LogP contribution in [-0.4, -0.2) is 35.4 Å². The van der Waals surface area contributed by atoms with Crippen molar-refractivity contribution in [2.45, 2.75) is 65.6 Å². The fraction of sp³-hybridized carbons (Fsp3) is 0.867. The molecule has 1 unspecified atom stereocenters. The van der Waals surface area contributed by atoms with Crippen LogP contribution in [0.2, 0.25) is 0 Å². The Hall–Kier alpha value is -1.10. The molecule has 114 valence electrons. The van der Waals surface area contributed by atoms with Crippen LogP contribution in [0.4, 0.5) is 6.01 Å². The molecule has 2 heterocycles. The van der Waals surface area contributed by atoms with Gasteiger partial charge in [-0.1, -0.05) is 19.0 Å². The van der Waals surface area contributed by atoms with Gasteiger partial charge in [0.25, 0.3) is 0 Å². The molecule has 1 aliphatic rings. The Labute approximate surface area is 121 Å². The molecule has 0 amide bonds. The van der Waals surface area contributed by atoms with Crippen molar-refractivity contribution in [3.05, 3.63) is 5.82 Å². The van der Waals surface area contributed by atoms with Crippen molar-refractivity contribution < 1.29 is 9.26 Å². The fourth-order valence-electron chi connectivity index (χ4n) is 2.69. The molecule has 1 aliphatic heterocycles. The SMILES string of the molecule is CC(C)OC(C)C1CCN(c2nc(C(C)C)no2)CC1. The smallest absolute Gasteiger partial charge is 0.324 e. The fourth-order valence-corrected chi connectivity index (χ4v) is 2.69. The van der Waals surface area contributed by atoms with Crippen molar-refractivity contribution in [1.29, 1.82) is 0 Å². The van der Waals surface area contributed by atoms with Gasteiger partial charge in [-0.2, -0.15) is 4.98 Å². The minimum absolute atomic E-state index is 0.299. The highest BCUT2D eigenvalue weighted by molar-refractivity contribution is 5.26. The molecule has 0 aromatic carbocycles. The van der Waals surface area contributed by atoms with Crippen LogP contribution in [0.3, 0.4) is 0 Å². The van der Waals surface area contributed by atoms with Crippen molar-refractivity contribution in [2.24, 2.45) is 5.92 Å². The lowest BCUT2D eigenvalue weighted by Crippen LogP contribution is -2.38. The summed E-state index contributed by atoms with van der Waals surface area (Å²) in [5.41, 5.74) is 0. The van der Waals surface area contributed by atoms with Crippen molar-refractivity contribution in [3.63, 3.8) is 0 Å². The summed E-state index contributed by atoms with van der Waals surface area (Å²) in [6.45, 7) is 12.5. The standard InChI is InChI=1S/C15H27N3O2/c1-10(2)14-16-15(20-17-14)18-8-6-13(7-9-18)12(5)19-11(3)4/h10-13H,6-9H2,1-5H3. The Morgan fingerprint density at radius 2 is 1.80 bits per heavy atom. The first-order valence-electron chi connectivity index (χ1n) is 7.71. The number of ether oxygens (including phenoxy) is 1. The minimum atomic E-state index is 0.299. The molecule has 1 atom stereocenters. The van der Waals surface area contributed by atoms with Crippen LogP contribution in [0.25, 0.3) is 0 Å². The van der Waals surface area contributed by atoms with Crippen LogP contribution < -0.4 is 4.90 Å². The Balaban J connectivity index is 1.87. The van der Waals surface area contributed by atoms with Gasteiger partial charge in [0, 0.05) is 19.0 Å². The van der Waals surface area contributed by atoms with Crippen LogP contribution in [0, 0.1) is 5.92 Å². The molecule has 0 aliphatic carbocycles. The number of piperidine rings is 1. The second kappa shape index (κ2) is 6.57. The first kappa shape index (κ1) is 15.3. The van der Waals surface area contributed by atoms with Gasteiger partial charge in [0.1, 0.15) is 0 Å². The maximum Gasteiger partial charge on any atom is 0.324 e. The molecule has 1 aromatic rings. The lowest BCUT2D eigenvalue weighted by Gasteiger charge is -2.34. The number of nitrogens with zero attached hydrogens (tertiary/aromatic N) is 3. The number of rotatable bonds is 5. The van der Waals surface area contributed by atoms with E-state index in [0.717, 1.165) is 31.8 Å². The highest BCUT2D eigenvalue weighted by Gasteiger charge is 2.27. The van der Waals surface area contributed by atoms with Crippen LogP contribution in [0.5, 0.6) is 0 Å². The predicted octanol–water partition coefficient (Wildman–Crippen LogP) is 3.22. The lowest BCUT2D eigenvalue weighted by molar-refractivity contribution is -0.0210. The zero-order valence-corrected chi connectivity index (χ0v) is 13.3. The van der Waals surface area contributed by atoms with Gasteiger partial charge in [-0.25, -0.2) is 0 Å². The molecular weight excluding hydrogens is 254 g/mol. The number of anilines is 1. The summed E-state index contributed by atoms with van der Waals surface area (Å²) in [5, 5.41) is 4.03. The van der Waals surface area contributed by atoms with Crippen LogP contribution in [0.15, 0.2) is 4.52 Å². The van der Waals surface area contributed by atoms with Gasteiger partial charge in [-0.15, -0.1) is 0 Å². The predicted molar refractivity (Wildman–Crippen MR) is 79.0 cm³/mol. The Morgan fingerprint density at radius 1 is 1.15 bits per heavy atom. The maximum atomic E-state index is 5.90. The second-order valence-corrected chi connectivity index (χ2v) is 6.30. The van der Waals surface area contributed by atoms with Gasteiger partial charge in [0.05, 0.1) is 12.2 Å². The van der Waals surface area contributed by atoms with E-state index >= 15 is 0 Å². The third-order valence-corrected chi connectivity index (χ3v) is 3.91. The second-order valence-electron chi connectivity index (χ2n) is 6.30. The normalized spacial score (nSPS) is 19.1. The van der Waals surface area contributed by atoms with Gasteiger partial charge < -0.3 is 14.2 Å². The molecule has 0 saturated carbocycles. The molecule has 0 N–H and O–H groups in total. The van der Waals surface area contributed by atoms with Gasteiger partial charge in [-0.05, 0) is 39.5 Å². The third-order valence-electron chi connectivity index (χ3n) is 3.91. The molecule has 5 nitrogen and oxygen atoms in total. The molecule has 1 fully saturated rings. The van der Waals surface area contributed by atoms with E-state index in [9.17, 15) is 0 Å². The molecule has 5 heteroatoms. The third kappa shape index (κ3) is 3.72. The molecule has 0 bridgehead atoms. The van der Waals surface area contributed by atoms with E-state index in [1.807, 2.05) is 0 Å². The van der Waals surface area contributed by atoms with E-state index in [0.29, 0.717) is 30.1 Å². The summed E-state index contributed by atoms with van der Waals surface area (Å²) in [6, 6.07) is 0.671. The van der Waals surface area contributed by atoms with Crippen molar-refractivity contribution in [3.8, 4) is 0 Å². The molecule has 0 radical (unpaired) electrons. The van der Waals surface area contributed by atoms with Crippen molar-refractivity contribution in [2.75, 3.05) is 18.0 Å². The highest BCUT2D eigenvalue weighted by atomic mass is 16.5. The Bertz CT molecular complexity index is 409. The van der Waals surface area contributed by atoms with Crippen LogP contribution in [-0.2, 0) is 4.74 Å². The summed E-state index contributed by atoms with van der Waals surface area (Å²) in [4.78, 5) is 6.66. The first-order valence-corrected chi connectivity index (χ1v) is 7.71. The van der Waals surface area contributed by atoms with E-state index in [1.165, 1.54) is 0 Å². The van der Waals surface area contributed by atoms with E-state index in [1.54, 1.807) is 0 Å². The topological polar surface area (TPSA) is 51.4 Å². The van der Waals surface area contributed by atoms with Crippen molar-refractivity contribution in [1.82, 2.24) is 10.1 Å². The van der Waals surface area contributed by atoms with E-state index in [4.69, 9.17) is 9.26 Å². The summed E-state index contributed by atoms with van der Waals surface area (Å²) < 4.78 is 11.3. The quantitative estimate of drug-likeness (QED) is 0.829. The zero-order valence-electron chi connectivity index (χ0n) is 13.3. The Morgan fingerprint density at radius 3 is 2.30 bits per heavy atom. The number of hydrogen-bond acceptors (Lipinski definition) is 5. The number of aromatic nitrogens is 2. The molecule has 20 heavy (non-hydrogen) atoms. The average Bonchev–Trinajstić information content (AvgIpc) is 2.88. The first-order chi connectivity index (χ1) is 9.47.